The molecule has 1 saturated carbocycles. The molecule has 0 radical (unpaired) electrons. The fourth-order valence-electron chi connectivity index (χ4n) is 5.65. The van der Waals surface area contributed by atoms with E-state index in [0.29, 0.717) is 68.0 Å². The van der Waals surface area contributed by atoms with Gasteiger partial charge in [-0.3, -0.25) is 4.79 Å². The first-order valence-corrected chi connectivity index (χ1v) is 13.2. The Morgan fingerprint density at radius 3 is 2.69 bits per heavy atom. The first-order valence-electron chi connectivity index (χ1n) is 13.2. The molecule has 6 rings (SSSR count). The summed E-state index contributed by atoms with van der Waals surface area (Å²) in [6, 6.07) is 9.84. The summed E-state index contributed by atoms with van der Waals surface area (Å²) < 4.78 is 14.4. The van der Waals surface area contributed by atoms with E-state index in [-0.39, 0.29) is 18.3 Å². The molecule has 0 amide bonds. The molecule has 1 aliphatic carbocycles. The van der Waals surface area contributed by atoms with Crippen molar-refractivity contribution in [2.45, 2.75) is 43.6 Å². The number of fused-ring (bicyclic) bond motifs is 3. The number of para-hydroxylation sites is 1. The lowest BCUT2D eigenvalue weighted by molar-refractivity contribution is -0.173. The fourth-order valence-corrected chi connectivity index (χ4v) is 5.65. The molecule has 39 heavy (non-hydrogen) atoms. The molecule has 4 aromatic rings. The number of aromatic nitrogens is 5. The Morgan fingerprint density at radius 2 is 1.95 bits per heavy atom. The summed E-state index contributed by atoms with van der Waals surface area (Å²) in [6.45, 7) is 1.06. The normalized spacial score (nSPS) is 21.1. The number of anilines is 1. The van der Waals surface area contributed by atoms with Gasteiger partial charge in [0, 0.05) is 43.3 Å². The third-order valence-electron chi connectivity index (χ3n) is 7.75. The van der Waals surface area contributed by atoms with Crippen LogP contribution < -0.4 is 5.32 Å². The van der Waals surface area contributed by atoms with Crippen LogP contribution in [0.1, 0.15) is 54.1 Å². The highest BCUT2D eigenvalue weighted by Gasteiger charge is 2.44. The number of carboxylic acids is 1. The second-order valence-electron chi connectivity index (χ2n) is 10.0. The van der Waals surface area contributed by atoms with Crippen LogP contribution in [0.25, 0.3) is 22.5 Å². The monoisotopic (exact) mass is 530 g/mol. The molecule has 3 aromatic heterocycles. The molecule has 202 valence electrons. The number of aliphatic carboxylic acids is 1. The van der Waals surface area contributed by atoms with Crippen LogP contribution in [0, 0.1) is 0 Å². The first-order chi connectivity index (χ1) is 19.0. The fraction of sp³-hybridized carbons (Fsp3) is 0.393. The lowest BCUT2D eigenvalue weighted by Gasteiger charge is -2.37. The Morgan fingerprint density at radius 1 is 1.15 bits per heavy atom. The number of Topliss-reactive ketones (excluding diaryl/α,β-unsaturated/α-hetero) is 1. The minimum Gasteiger partial charge on any atom is -0.479 e. The zero-order valence-electron chi connectivity index (χ0n) is 21.7. The van der Waals surface area contributed by atoms with Gasteiger partial charge in [0.2, 0.25) is 0 Å². The number of nitrogens with zero attached hydrogens (tertiary/aromatic N) is 5. The van der Waals surface area contributed by atoms with Crippen LogP contribution in [0.5, 0.6) is 0 Å². The van der Waals surface area contributed by atoms with E-state index in [1.54, 1.807) is 28.7 Å². The van der Waals surface area contributed by atoms with Gasteiger partial charge in [0.1, 0.15) is 5.82 Å². The molecular weight excluding hydrogens is 500 g/mol. The number of nitrogens with one attached hydrogen (secondary N) is 1. The smallest absolute Gasteiger partial charge is 0.335 e. The molecule has 4 heterocycles. The molecule has 1 aliphatic heterocycles. The third-order valence-corrected chi connectivity index (χ3v) is 7.75. The Kier molecular flexibility index (Phi) is 6.61. The summed E-state index contributed by atoms with van der Waals surface area (Å²) in [5.74, 6) is -0.387. The molecule has 1 fully saturated rings. The second kappa shape index (κ2) is 10.2. The van der Waals surface area contributed by atoms with Crippen molar-refractivity contribution >= 4 is 23.2 Å². The van der Waals surface area contributed by atoms with Gasteiger partial charge in [-0.15, -0.1) is 0 Å². The van der Waals surface area contributed by atoms with E-state index in [9.17, 15) is 14.7 Å². The zero-order valence-corrected chi connectivity index (χ0v) is 21.7. The number of ketones is 1. The van der Waals surface area contributed by atoms with Gasteiger partial charge in [-0.2, -0.15) is 14.7 Å². The van der Waals surface area contributed by atoms with E-state index in [0.717, 1.165) is 16.8 Å². The van der Waals surface area contributed by atoms with E-state index >= 15 is 0 Å². The molecule has 0 saturated heterocycles. The number of rotatable bonds is 8. The maximum absolute atomic E-state index is 13.2. The summed E-state index contributed by atoms with van der Waals surface area (Å²) in [4.78, 5) is 30.4. The largest absolute Gasteiger partial charge is 0.479 e. The predicted molar refractivity (Wildman–Crippen MR) is 142 cm³/mol. The summed E-state index contributed by atoms with van der Waals surface area (Å²) in [7, 11) is 1.56. The molecule has 0 unspecified atom stereocenters. The predicted octanol–water partition coefficient (Wildman–Crippen LogP) is 3.72. The van der Waals surface area contributed by atoms with E-state index in [1.807, 2.05) is 36.5 Å². The van der Waals surface area contributed by atoms with Crippen LogP contribution in [0.15, 0.2) is 48.9 Å². The van der Waals surface area contributed by atoms with E-state index in [1.165, 1.54) is 0 Å². The summed E-state index contributed by atoms with van der Waals surface area (Å²) in [5.41, 5.74) is 3.23. The summed E-state index contributed by atoms with van der Waals surface area (Å²) in [5, 5.41) is 22.5. The first kappa shape index (κ1) is 25.2. The van der Waals surface area contributed by atoms with Crippen molar-refractivity contribution in [1.82, 2.24) is 24.4 Å². The highest BCUT2D eigenvalue weighted by atomic mass is 16.5. The number of methoxy groups -OCH3 is 1. The van der Waals surface area contributed by atoms with Gasteiger partial charge in [-0.25, -0.2) is 14.5 Å². The van der Waals surface area contributed by atoms with Crippen LogP contribution in [-0.4, -0.2) is 73.7 Å². The van der Waals surface area contributed by atoms with E-state index in [4.69, 9.17) is 14.5 Å². The van der Waals surface area contributed by atoms with Crippen LogP contribution in [0.3, 0.4) is 0 Å². The van der Waals surface area contributed by atoms with Crippen molar-refractivity contribution in [3.63, 3.8) is 0 Å². The summed E-state index contributed by atoms with van der Waals surface area (Å²) >= 11 is 0. The third kappa shape index (κ3) is 4.47. The molecule has 0 spiro atoms. The van der Waals surface area contributed by atoms with E-state index < -0.39 is 11.6 Å². The topological polar surface area (TPSA) is 133 Å². The average Bonchev–Trinajstić information content (AvgIpc) is 3.61. The van der Waals surface area contributed by atoms with Crippen molar-refractivity contribution in [2.24, 2.45) is 0 Å². The average molecular weight is 531 g/mol. The SMILES string of the molecule is COCCOC1(C(=O)O)CCC(c2nc3c(-c4cnn(-c5ccccc5)c4)cnn3c3c2C(=O)CCN3)CC1. The van der Waals surface area contributed by atoms with Gasteiger partial charge in [0.25, 0.3) is 0 Å². The molecule has 2 aliphatic rings. The number of carbonyl (C=O) groups is 2. The standard InChI is InChI=1S/C28H30N6O5/c1-38-13-14-39-28(27(36)37)10-7-18(8-11-28)24-23-22(35)9-12-29-26(23)34-25(32-24)21(16-31-34)19-15-30-33(17-19)20-5-3-2-4-6-20/h2-6,15-18,29H,7-14H2,1H3,(H,36,37). The van der Waals surface area contributed by atoms with Crippen LogP contribution in [0.4, 0.5) is 5.82 Å². The molecule has 1 aromatic carbocycles. The van der Waals surface area contributed by atoms with Crippen molar-refractivity contribution in [3.05, 3.63) is 60.2 Å². The Labute approximate surface area is 224 Å². The highest BCUT2D eigenvalue weighted by Crippen LogP contribution is 2.43. The molecule has 0 bridgehead atoms. The van der Waals surface area contributed by atoms with Crippen LogP contribution in [-0.2, 0) is 14.3 Å². The van der Waals surface area contributed by atoms with Gasteiger partial charge >= 0.3 is 5.97 Å². The van der Waals surface area contributed by atoms with Crippen LogP contribution >= 0.6 is 0 Å². The van der Waals surface area contributed by atoms with Gasteiger partial charge in [-0.1, -0.05) is 18.2 Å². The Bertz CT molecular complexity index is 1520. The summed E-state index contributed by atoms with van der Waals surface area (Å²) in [6.07, 6.45) is 7.57. The van der Waals surface area contributed by atoms with Crippen molar-refractivity contribution in [1.29, 1.82) is 0 Å². The molecule has 0 atom stereocenters. The number of hydrogen-bond donors (Lipinski definition) is 2. The van der Waals surface area contributed by atoms with Gasteiger partial charge in [0.05, 0.1) is 42.6 Å². The highest BCUT2D eigenvalue weighted by molar-refractivity contribution is 6.04. The van der Waals surface area contributed by atoms with Gasteiger partial charge in [0.15, 0.2) is 17.0 Å². The van der Waals surface area contributed by atoms with Crippen molar-refractivity contribution in [2.75, 3.05) is 32.2 Å². The molecule has 2 N–H and O–H groups in total. The van der Waals surface area contributed by atoms with Gasteiger partial charge in [-0.05, 0) is 37.8 Å². The maximum Gasteiger partial charge on any atom is 0.335 e. The number of carboxylic acid groups (broad SMARTS) is 1. The number of ether oxygens (including phenoxy) is 2. The molecule has 11 nitrogen and oxygen atoms in total. The minimum absolute atomic E-state index is 0.0218. The number of benzene rings is 1. The number of carbonyl (C=O) groups excluding carboxylic acids is 1. The molecule has 11 heteroatoms. The Hall–Kier alpha value is -4.09. The Balaban J connectivity index is 1.38. The maximum atomic E-state index is 13.2. The van der Waals surface area contributed by atoms with Crippen LogP contribution in [0.2, 0.25) is 0 Å². The lowest BCUT2D eigenvalue weighted by Crippen LogP contribution is -2.45. The van der Waals surface area contributed by atoms with E-state index in [2.05, 4.69) is 15.5 Å². The zero-order chi connectivity index (χ0) is 27.0. The second-order valence-corrected chi connectivity index (χ2v) is 10.0. The van der Waals surface area contributed by atoms with Crippen molar-refractivity contribution < 1.29 is 24.2 Å². The lowest BCUT2D eigenvalue weighted by atomic mass is 9.76. The molecular formula is C28H30N6O5. The number of hydrogen-bond acceptors (Lipinski definition) is 8. The van der Waals surface area contributed by atoms with Gasteiger partial charge < -0.3 is 19.9 Å². The minimum atomic E-state index is -1.25. The van der Waals surface area contributed by atoms with Crippen molar-refractivity contribution in [3.8, 4) is 16.8 Å². The quantitative estimate of drug-likeness (QED) is 0.327.